The quantitative estimate of drug-likeness (QED) is 0.789. The smallest absolute Gasteiger partial charge is 0.263 e. The number of ether oxygens (including phenoxy) is 1. The molecule has 134 valence electrons. The summed E-state index contributed by atoms with van der Waals surface area (Å²) in [6.07, 6.45) is 0.629. The lowest BCUT2D eigenvalue weighted by Crippen LogP contribution is -2.40. The Hall–Kier alpha value is -2.86. The summed E-state index contributed by atoms with van der Waals surface area (Å²) in [6, 6.07) is 12.2. The molecule has 26 heavy (non-hydrogen) atoms. The maximum absolute atomic E-state index is 12.3. The van der Waals surface area contributed by atoms with Crippen LogP contribution in [0.4, 0.5) is 0 Å². The number of amides is 3. The monoisotopic (exact) mass is 372 g/mol. The van der Waals surface area contributed by atoms with Gasteiger partial charge in [0.25, 0.3) is 11.8 Å². The number of hydrogen-bond donors (Lipinski definition) is 1. The van der Waals surface area contributed by atoms with Crippen molar-refractivity contribution in [2.45, 2.75) is 6.42 Å². The number of carbonyl (C=O) groups excluding carboxylic acids is 3. The normalized spacial score (nSPS) is 12.9. The highest BCUT2D eigenvalue weighted by molar-refractivity contribution is 6.37. The Morgan fingerprint density at radius 2 is 1.85 bits per heavy atom. The lowest BCUT2D eigenvalue weighted by molar-refractivity contribution is -0.121. The lowest BCUT2D eigenvalue weighted by Gasteiger charge is -2.13. The van der Waals surface area contributed by atoms with E-state index in [9.17, 15) is 14.4 Å². The van der Waals surface area contributed by atoms with Crippen molar-refractivity contribution in [1.29, 1.82) is 0 Å². The van der Waals surface area contributed by atoms with Crippen LogP contribution in [0.2, 0.25) is 5.02 Å². The van der Waals surface area contributed by atoms with Gasteiger partial charge in [0.15, 0.2) is 0 Å². The van der Waals surface area contributed by atoms with Crippen LogP contribution in [0.5, 0.6) is 5.75 Å². The van der Waals surface area contributed by atoms with Crippen LogP contribution in [-0.4, -0.2) is 42.8 Å². The molecule has 7 heteroatoms. The Kier molecular flexibility index (Phi) is 5.23. The minimum Gasteiger partial charge on any atom is -0.497 e. The molecule has 1 aliphatic rings. The third-order valence-electron chi connectivity index (χ3n) is 4.14. The van der Waals surface area contributed by atoms with Crippen LogP contribution >= 0.6 is 11.6 Å². The van der Waals surface area contributed by atoms with Gasteiger partial charge in [0.05, 0.1) is 23.3 Å². The summed E-state index contributed by atoms with van der Waals surface area (Å²) in [5.74, 6) is -0.676. The molecule has 3 amide bonds. The largest absolute Gasteiger partial charge is 0.497 e. The zero-order chi connectivity index (χ0) is 18.7. The third-order valence-corrected chi connectivity index (χ3v) is 4.46. The van der Waals surface area contributed by atoms with Gasteiger partial charge in [-0.3, -0.25) is 19.3 Å². The predicted molar refractivity (Wildman–Crippen MR) is 96.5 cm³/mol. The van der Waals surface area contributed by atoms with Gasteiger partial charge in [-0.25, -0.2) is 0 Å². The summed E-state index contributed by atoms with van der Waals surface area (Å²) in [6.45, 7) is 0.0698. The highest BCUT2D eigenvalue weighted by Crippen LogP contribution is 2.28. The van der Waals surface area contributed by atoms with Crippen LogP contribution in [0.25, 0.3) is 0 Å². The standard InChI is InChI=1S/C19H17ClN2O4/c1-26-13-7-5-12(6-8-13)9-10-21-16(23)11-22-18(24)14-3-2-4-15(20)17(14)19(22)25/h2-8H,9-11H2,1H3,(H,21,23). The van der Waals surface area contributed by atoms with E-state index in [0.717, 1.165) is 16.2 Å². The molecule has 0 saturated heterocycles. The third kappa shape index (κ3) is 3.55. The van der Waals surface area contributed by atoms with Gasteiger partial charge in [0, 0.05) is 6.54 Å². The fraction of sp³-hybridized carbons (Fsp3) is 0.211. The molecular weight excluding hydrogens is 356 g/mol. The lowest BCUT2D eigenvalue weighted by atomic mass is 10.1. The van der Waals surface area contributed by atoms with E-state index in [1.165, 1.54) is 6.07 Å². The molecule has 2 aromatic carbocycles. The van der Waals surface area contributed by atoms with Crippen LogP contribution in [0, 0.1) is 0 Å². The molecular formula is C19H17ClN2O4. The minimum absolute atomic E-state index is 0.158. The van der Waals surface area contributed by atoms with Gasteiger partial charge < -0.3 is 10.1 Å². The number of nitrogens with zero attached hydrogens (tertiary/aromatic N) is 1. The molecule has 0 fully saturated rings. The zero-order valence-electron chi connectivity index (χ0n) is 14.1. The Bertz CT molecular complexity index is 864. The van der Waals surface area contributed by atoms with Crippen molar-refractivity contribution in [3.63, 3.8) is 0 Å². The van der Waals surface area contributed by atoms with Gasteiger partial charge in [-0.2, -0.15) is 0 Å². The fourth-order valence-electron chi connectivity index (χ4n) is 2.77. The Morgan fingerprint density at radius 3 is 2.50 bits per heavy atom. The van der Waals surface area contributed by atoms with Crippen LogP contribution in [0.15, 0.2) is 42.5 Å². The summed E-state index contributed by atoms with van der Waals surface area (Å²) >= 11 is 6.00. The molecule has 0 aliphatic carbocycles. The van der Waals surface area contributed by atoms with E-state index in [1.807, 2.05) is 24.3 Å². The second-order valence-corrected chi connectivity index (χ2v) is 6.21. The first kappa shape index (κ1) is 17.9. The van der Waals surface area contributed by atoms with E-state index in [2.05, 4.69) is 5.32 Å². The van der Waals surface area contributed by atoms with Gasteiger partial charge >= 0.3 is 0 Å². The average molecular weight is 373 g/mol. The molecule has 0 aromatic heterocycles. The van der Waals surface area contributed by atoms with Gasteiger partial charge in [0.2, 0.25) is 5.91 Å². The number of benzene rings is 2. The highest BCUT2D eigenvalue weighted by Gasteiger charge is 2.38. The van der Waals surface area contributed by atoms with Crippen LogP contribution in [0.1, 0.15) is 26.3 Å². The summed E-state index contributed by atoms with van der Waals surface area (Å²) in [5, 5.41) is 2.93. The van der Waals surface area contributed by atoms with Gasteiger partial charge in [-0.15, -0.1) is 0 Å². The number of carbonyl (C=O) groups is 3. The van der Waals surface area contributed by atoms with Crippen LogP contribution in [-0.2, 0) is 11.2 Å². The second kappa shape index (κ2) is 7.58. The average Bonchev–Trinajstić information content (AvgIpc) is 2.88. The Balaban J connectivity index is 1.54. The molecule has 6 nitrogen and oxygen atoms in total. The second-order valence-electron chi connectivity index (χ2n) is 5.81. The van der Waals surface area contributed by atoms with E-state index in [-0.39, 0.29) is 22.7 Å². The zero-order valence-corrected chi connectivity index (χ0v) is 14.9. The molecule has 3 rings (SSSR count). The number of imide groups is 1. The summed E-state index contributed by atoms with van der Waals surface area (Å²) in [4.78, 5) is 37.7. The van der Waals surface area contributed by atoms with Crippen molar-refractivity contribution >= 4 is 29.3 Å². The molecule has 0 spiro atoms. The number of rotatable bonds is 6. The Labute approximate surface area is 155 Å². The molecule has 1 heterocycles. The predicted octanol–water partition coefficient (Wildman–Crippen LogP) is 2.30. The maximum Gasteiger partial charge on any atom is 0.263 e. The van der Waals surface area contributed by atoms with Crippen LogP contribution in [0.3, 0.4) is 0 Å². The highest BCUT2D eigenvalue weighted by atomic mass is 35.5. The van der Waals surface area contributed by atoms with Crippen molar-refractivity contribution in [2.24, 2.45) is 0 Å². The van der Waals surface area contributed by atoms with E-state index in [0.29, 0.717) is 13.0 Å². The number of hydrogen-bond acceptors (Lipinski definition) is 4. The molecule has 0 bridgehead atoms. The molecule has 1 N–H and O–H groups in total. The maximum atomic E-state index is 12.3. The molecule has 0 unspecified atom stereocenters. The first-order valence-electron chi connectivity index (χ1n) is 8.05. The summed E-state index contributed by atoms with van der Waals surface area (Å²) < 4.78 is 5.09. The molecule has 0 radical (unpaired) electrons. The molecule has 2 aromatic rings. The topological polar surface area (TPSA) is 75.7 Å². The molecule has 1 aliphatic heterocycles. The summed E-state index contributed by atoms with van der Waals surface area (Å²) in [5.41, 5.74) is 1.43. The van der Waals surface area contributed by atoms with Gasteiger partial charge in [-0.05, 0) is 36.2 Å². The number of nitrogens with one attached hydrogen (secondary N) is 1. The van der Waals surface area contributed by atoms with E-state index in [1.54, 1.807) is 19.2 Å². The van der Waals surface area contributed by atoms with Crippen molar-refractivity contribution in [3.8, 4) is 5.75 Å². The molecule has 0 atom stereocenters. The first-order chi connectivity index (χ1) is 12.5. The first-order valence-corrected chi connectivity index (χ1v) is 8.43. The fourth-order valence-corrected chi connectivity index (χ4v) is 3.03. The van der Waals surface area contributed by atoms with E-state index >= 15 is 0 Å². The number of methoxy groups -OCH3 is 1. The van der Waals surface area contributed by atoms with E-state index in [4.69, 9.17) is 16.3 Å². The van der Waals surface area contributed by atoms with Crippen molar-refractivity contribution in [2.75, 3.05) is 20.2 Å². The molecule has 0 saturated carbocycles. The van der Waals surface area contributed by atoms with Crippen molar-refractivity contribution in [3.05, 3.63) is 64.2 Å². The summed E-state index contributed by atoms with van der Waals surface area (Å²) in [7, 11) is 1.60. The SMILES string of the molecule is COc1ccc(CCNC(=O)CN2C(=O)c3cccc(Cl)c3C2=O)cc1. The van der Waals surface area contributed by atoms with Crippen molar-refractivity contribution < 1.29 is 19.1 Å². The Morgan fingerprint density at radius 1 is 1.12 bits per heavy atom. The van der Waals surface area contributed by atoms with Crippen molar-refractivity contribution in [1.82, 2.24) is 10.2 Å². The number of fused-ring (bicyclic) bond motifs is 1. The number of halogens is 1. The van der Waals surface area contributed by atoms with E-state index < -0.39 is 17.7 Å². The van der Waals surface area contributed by atoms with Crippen LogP contribution < -0.4 is 10.1 Å². The minimum atomic E-state index is -0.541. The van der Waals surface area contributed by atoms with Gasteiger partial charge in [0.1, 0.15) is 12.3 Å². The van der Waals surface area contributed by atoms with Gasteiger partial charge in [-0.1, -0.05) is 29.8 Å².